The highest BCUT2D eigenvalue weighted by atomic mass is 79.9. The molecule has 0 atom stereocenters. The summed E-state index contributed by atoms with van der Waals surface area (Å²) in [5, 5.41) is 16.5. The van der Waals surface area contributed by atoms with Crippen molar-refractivity contribution in [3.63, 3.8) is 0 Å². The quantitative estimate of drug-likeness (QED) is 0.442. The zero-order chi connectivity index (χ0) is 19.8. The Balaban J connectivity index is 1.90. The molecule has 9 heteroatoms. The van der Waals surface area contributed by atoms with Crippen LogP contribution in [0.25, 0.3) is 0 Å². The van der Waals surface area contributed by atoms with Crippen LogP contribution in [0.1, 0.15) is 22.8 Å². The Morgan fingerprint density at radius 2 is 2.07 bits per heavy atom. The number of ether oxygens (including phenoxy) is 1. The highest BCUT2D eigenvalue weighted by molar-refractivity contribution is 9.10. The summed E-state index contributed by atoms with van der Waals surface area (Å²) >= 11 is 9.15. The molecule has 2 amide bonds. The van der Waals surface area contributed by atoms with E-state index in [1.54, 1.807) is 43.3 Å². The van der Waals surface area contributed by atoms with Gasteiger partial charge in [-0.1, -0.05) is 23.7 Å². The lowest BCUT2D eigenvalue weighted by Gasteiger charge is -2.08. The predicted octanol–water partition coefficient (Wildman–Crippen LogP) is 3.09. The van der Waals surface area contributed by atoms with Gasteiger partial charge < -0.3 is 15.2 Å². The largest absolute Gasteiger partial charge is 0.503 e. The van der Waals surface area contributed by atoms with Gasteiger partial charge in [0.15, 0.2) is 11.5 Å². The van der Waals surface area contributed by atoms with Crippen LogP contribution in [0.3, 0.4) is 0 Å². The third-order valence-electron chi connectivity index (χ3n) is 3.28. The number of carbonyl (C=O) groups excluding carboxylic acids is 2. The molecule has 0 fully saturated rings. The van der Waals surface area contributed by atoms with Gasteiger partial charge in [0, 0.05) is 0 Å². The molecule has 0 unspecified atom stereocenters. The summed E-state index contributed by atoms with van der Waals surface area (Å²) in [5.74, 6) is -0.676. The van der Waals surface area contributed by atoms with Gasteiger partial charge in [0.25, 0.3) is 11.8 Å². The molecule has 7 nitrogen and oxygen atoms in total. The molecule has 3 N–H and O–H groups in total. The number of carbonyl (C=O) groups is 2. The zero-order valence-electron chi connectivity index (χ0n) is 14.3. The summed E-state index contributed by atoms with van der Waals surface area (Å²) in [6.07, 6.45) is 1.39. The van der Waals surface area contributed by atoms with Crippen molar-refractivity contribution in [1.29, 1.82) is 0 Å². The minimum absolute atomic E-state index is 0.0136. The second-order valence-electron chi connectivity index (χ2n) is 5.24. The molecule has 0 radical (unpaired) electrons. The Kier molecular flexibility index (Phi) is 7.63. The molecule has 0 heterocycles. The van der Waals surface area contributed by atoms with Crippen LogP contribution < -0.4 is 15.5 Å². The van der Waals surface area contributed by atoms with Crippen molar-refractivity contribution in [1.82, 2.24) is 10.7 Å². The number of halogens is 2. The van der Waals surface area contributed by atoms with E-state index >= 15 is 0 Å². The second kappa shape index (κ2) is 9.94. The van der Waals surface area contributed by atoms with Gasteiger partial charge in [-0.3, -0.25) is 9.59 Å². The number of nitrogens with one attached hydrogen (secondary N) is 2. The predicted molar refractivity (Wildman–Crippen MR) is 106 cm³/mol. The Hall–Kier alpha value is -2.58. The number of rotatable bonds is 7. The first-order valence-corrected chi connectivity index (χ1v) is 9.09. The van der Waals surface area contributed by atoms with Crippen molar-refractivity contribution in [2.75, 3.05) is 13.2 Å². The Morgan fingerprint density at radius 3 is 2.78 bits per heavy atom. The van der Waals surface area contributed by atoms with E-state index < -0.39 is 11.8 Å². The summed E-state index contributed by atoms with van der Waals surface area (Å²) in [6.45, 7) is 1.93. The fourth-order valence-electron chi connectivity index (χ4n) is 2.05. The van der Waals surface area contributed by atoms with E-state index in [1.807, 2.05) is 0 Å². The summed E-state index contributed by atoms with van der Waals surface area (Å²) in [4.78, 5) is 23.8. The normalized spacial score (nSPS) is 10.6. The third-order valence-corrected chi connectivity index (χ3v) is 4.22. The van der Waals surface area contributed by atoms with Gasteiger partial charge in [-0.25, -0.2) is 5.43 Å². The molecule has 0 aliphatic heterocycles. The summed E-state index contributed by atoms with van der Waals surface area (Å²) in [5.41, 5.74) is 3.19. The number of hydrogen-bond acceptors (Lipinski definition) is 5. The number of hydrogen-bond donors (Lipinski definition) is 3. The van der Waals surface area contributed by atoms with E-state index in [1.165, 1.54) is 6.21 Å². The molecular formula is C18H17BrClN3O4. The number of benzene rings is 2. The van der Waals surface area contributed by atoms with Gasteiger partial charge in [0.05, 0.1) is 34.4 Å². The van der Waals surface area contributed by atoms with Crippen LogP contribution in [-0.4, -0.2) is 36.3 Å². The molecule has 2 aromatic carbocycles. The molecular weight excluding hydrogens is 438 g/mol. The van der Waals surface area contributed by atoms with Gasteiger partial charge in [0.1, 0.15) is 0 Å². The molecule has 142 valence electrons. The Labute approximate surface area is 169 Å². The van der Waals surface area contributed by atoms with Crippen LogP contribution >= 0.6 is 27.5 Å². The molecule has 0 saturated carbocycles. The third kappa shape index (κ3) is 5.97. The second-order valence-corrected chi connectivity index (χ2v) is 6.50. The van der Waals surface area contributed by atoms with Crippen molar-refractivity contribution >= 4 is 45.6 Å². The molecule has 2 aromatic rings. The van der Waals surface area contributed by atoms with Crippen molar-refractivity contribution in [3.8, 4) is 11.5 Å². The molecule has 27 heavy (non-hydrogen) atoms. The molecule has 0 aliphatic rings. The number of phenols is 1. The number of hydrazone groups is 1. The van der Waals surface area contributed by atoms with E-state index in [0.717, 1.165) is 0 Å². The lowest BCUT2D eigenvalue weighted by molar-refractivity contribution is -0.120. The zero-order valence-corrected chi connectivity index (χ0v) is 16.7. The van der Waals surface area contributed by atoms with Gasteiger partial charge in [-0.05, 0) is 52.7 Å². The maximum atomic E-state index is 12.0. The van der Waals surface area contributed by atoms with E-state index in [2.05, 4.69) is 31.8 Å². The van der Waals surface area contributed by atoms with Gasteiger partial charge in [0.2, 0.25) is 0 Å². The fraction of sp³-hybridized carbons (Fsp3) is 0.167. The Bertz CT molecular complexity index is 874. The molecule has 0 bridgehead atoms. The highest BCUT2D eigenvalue weighted by Gasteiger charge is 2.11. The van der Waals surface area contributed by atoms with Gasteiger partial charge >= 0.3 is 0 Å². The number of nitrogens with zero attached hydrogens (tertiary/aromatic N) is 1. The minimum Gasteiger partial charge on any atom is -0.503 e. The SMILES string of the molecule is CCOc1cc(C=NNC(=O)CNC(=O)c2ccccc2Cl)cc(Br)c1O. The van der Waals surface area contributed by atoms with E-state index in [9.17, 15) is 14.7 Å². The van der Waals surface area contributed by atoms with Crippen LogP contribution in [0.4, 0.5) is 0 Å². The van der Waals surface area contributed by atoms with Crippen molar-refractivity contribution in [3.05, 3.63) is 57.0 Å². The topological polar surface area (TPSA) is 100 Å². The molecule has 0 aliphatic carbocycles. The summed E-state index contributed by atoms with van der Waals surface area (Å²) < 4.78 is 5.75. The standard InChI is InChI=1S/C18H17BrClN3O4/c1-2-27-15-8-11(7-13(19)17(15)25)9-22-23-16(24)10-21-18(26)12-5-3-4-6-14(12)20/h3-9,25H,2,10H2,1H3,(H,21,26)(H,23,24). The van der Waals surface area contributed by atoms with Crippen LogP contribution in [0, 0.1) is 0 Å². The summed E-state index contributed by atoms with van der Waals surface area (Å²) in [7, 11) is 0. The smallest absolute Gasteiger partial charge is 0.259 e. The summed E-state index contributed by atoms with van der Waals surface area (Å²) in [6, 6.07) is 9.74. The van der Waals surface area contributed by atoms with Crippen molar-refractivity contribution in [2.45, 2.75) is 6.92 Å². The highest BCUT2D eigenvalue weighted by Crippen LogP contribution is 2.35. The number of aromatic hydroxyl groups is 1. The van der Waals surface area contributed by atoms with E-state index in [-0.39, 0.29) is 17.9 Å². The van der Waals surface area contributed by atoms with E-state index in [4.69, 9.17) is 16.3 Å². The van der Waals surface area contributed by atoms with Crippen molar-refractivity contribution in [2.24, 2.45) is 5.10 Å². The molecule has 0 spiro atoms. The van der Waals surface area contributed by atoms with Crippen LogP contribution in [0.2, 0.25) is 5.02 Å². The first-order chi connectivity index (χ1) is 12.9. The van der Waals surface area contributed by atoms with Crippen LogP contribution in [-0.2, 0) is 4.79 Å². The average molecular weight is 455 g/mol. The monoisotopic (exact) mass is 453 g/mol. The first kappa shape index (κ1) is 20.7. The molecule has 0 aromatic heterocycles. The van der Waals surface area contributed by atoms with Crippen LogP contribution in [0.5, 0.6) is 11.5 Å². The number of amides is 2. The Morgan fingerprint density at radius 1 is 1.33 bits per heavy atom. The van der Waals surface area contributed by atoms with Crippen molar-refractivity contribution < 1.29 is 19.4 Å². The lowest BCUT2D eigenvalue weighted by Crippen LogP contribution is -2.35. The van der Waals surface area contributed by atoms with Gasteiger partial charge in [-0.15, -0.1) is 0 Å². The average Bonchev–Trinajstić information content (AvgIpc) is 2.64. The molecule has 2 rings (SSSR count). The lowest BCUT2D eigenvalue weighted by atomic mass is 10.2. The first-order valence-electron chi connectivity index (χ1n) is 7.92. The minimum atomic E-state index is -0.505. The number of phenolic OH excluding ortho intramolecular Hbond substituents is 1. The maximum Gasteiger partial charge on any atom is 0.259 e. The molecule has 0 saturated heterocycles. The van der Waals surface area contributed by atoms with E-state index in [0.29, 0.717) is 27.4 Å². The maximum absolute atomic E-state index is 12.0. The fourth-order valence-corrected chi connectivity index (χ4v) is 2.73. The van der Waals surface area contributed by atoms with Gasteiger partial charge in [-0.2, -0.15) is 5.10 Å². The van der Waals surface area contributed by atoms with Crippen LogP contribution in [0.15, 0.2) is 46.0 Å².